The number of hydrogen-bond acceptors (Lipinski definition) is 5. The molecule has 2 bridgehead atoms. The van der Waals surface area contributed by atoms with Crippen LogP contribution in [-0.4, -0.2) is 33.4 Å². The molecule has 2 aliphatic rings. The molecule has 2 fully saturated rings. The fourth-order valence-corrected chi connectivity index (χ4v) is 3.24. The standard InChI is InChI=1S/C15H22N2O4/c1-8(2)15(3,14(18)19)7-12-16-13(17-21-12)10-6-9-4-5-11(10)20-9/h8-11H,4-7H2,1-3H3,(H,18,19). The number of fused-ring (bicyclic) bond motifs is 2. The highest BCUT2D eigenvalue weighted by atomic mass is 16.5. The Morgan fingerprint density at radius 1 is 1.48 bits per heavy atom. The third-order valence-corrected chi connectivity index (χ3v) is 5.20. The molecule has 3 heterocycles. The number of rotatable bonds is 5. The molecule has 0 aromatic carbocycles. The van der Waals surface area contributed by atoms with E-state index in [2.05, 4.69) is 10.1 Å². The molecular weight excluding hydrogens is 272 g/mol. The molecule has 1 aromatic heterocycles. The van der Waals surface area contributed by atoms with Crippen LogP contribution in [0.4, 0.5) is 0 Å². The Morgan fingerprint density at radius 3 is 2.76 bits per heavy atom. The molecule has 0 radical (unpaired) electrons. The van der Waals surface area contributed by atoms with Gasteiger partial charge in [-0.05, 0) is 32.1 Å². The molecule has 0 spiro atoms. The van der Waals surface area contributed by atoms with Gasteiger partial charge in [0.15, 0.2) is 5.82 Å². The van der Waals surface area contributed by atoms with Crippen molar-refractivity contribution < 1.29 is 19.2 Å². The third kappa shape index (κ3) is 2.46. The minimum absolute atomic E-state index is 0.0174. The first-order valence-corrected chi connectivity index (χ1v) is 7.61. The molecule has 116 valence electrons. The number of ether oxygens (including phenoxy) is 1. The van der Waals surface area contributed by atoms with E-state index in [1.165, 1.54) is 0 Å². The lowest BCUT2D eigenvalue weighted by molar-refractivity contribution is -0.150. The second-order valence-corrected chi connectivity index (χ2v) is 6.82. The number of carboxylic acid groups (broad SMARTS) is 1. The average molecular weight is 294 g/mol. The van der Waals surface area contributed by atoms with Crippen molar-refractivity contribution in [2.75, 3.05) is 0 Å². The highest BCUT2D eigenvalue weighted by Crippen LogP contribution is 2.43. The van der Waals surface area contributed by atoms with E-state index in [9.17, 15) is 9.90 Å². The van der Waals surface area contributed by atoms with Crippen molar-refractivity contribution in [3.8, 4) is 0 Å². The van der Waals surface area contributed by atoms with Crippen molar-refractivity contribution >= 4 is 5.97 Å². The van der Waals surface area contributed by atoms with Gasteiger partial charge in [-0.3, -0.25) is 4.79 Å². The maximum atomic E-state index is 11.5. The summed E-state index contributed by atoms with van der Waals surface area (Å²) < 4.78 is 11.1. The molecule has 6 nitrogen and oxygen atoms in total. The third-order valence-electron chi connectivity index (χ3n) is 5.20. The first-order chi connectivity index (χ1) is 9.90. The SMILES string of the molecule is CC(C)C(C)(Cc1nc(C2CC3CCC2O3)no1)C(=O)O. The highest BCUT2D eigenvalue weighted by Gasteiger charge is 2.44. The molecule has 0 amide bonds. The summed E-state index contributed by atoms with van der Waals surface area (Å²) in [6.45, 7) is 5.52. The number of carboxylic acids is 1. The van der Waals surface area contributed by atoms with E-state index in [4.69, 9.17) is 9.26 Å². The van der Waals surface area contributed by atoms with Gasteiger partial charge in [-0.15, -0.1) is 0 Å². The van der Waals surface area contributed by atoms with E-state index < -0.39 is 11.4 Å². The maximum Gasteiger partial charge on any atom is 0.310 e. The van der Waals surface area contributed by atoms with Gasteiger partial charge >= 0.3 is 5.97 Å². The molecule has 2 aliphatic heterocycles. The smallest absolute Gasteiger partial charge is 0.310 e. The fraction of sp³-hybridized carbons (Fsp3) is 0.800. The highest BCUT2D eigenvalue weighted by molar-refractivity contribution is 5.74. The van der Waals surface area contributed by atoms with Crippen molar-refractivity contribution in [3.05, 3.63) is 11.7 Å². The zero-order valence-corrected chi connectivity index (χ0v) is 12.7. The van der Waals surface area contributed by atoms with E-state index in [1.54, 1.807) is 6.92 Å². The molecular formula is C15H22N2O4. The number of aliphatic carboxylic acids is 1. The number of carbonyl (C=O) groups is 1. The van der Waals surface area contributed by atoms with E-state index in [0.717, 1.165) is 19.3 Å². The van der Waals surface area contributed by atoms with Gasteiger partial charge in [-0.1, -0.05) is 19.0 Å². The van der Waals surface area contributed by atoms with Crippen LogP contribution < -0.4 is 0 Å². The summed E-state index contributed by atoms with van der Waals surface area (Å²) in [5.74, 6) is 0.438. The van der Waals surface area contributed by atoms with Gasteiger partial charge in [0.1, 0.15) is 0 Å². The van der Waals surface area contributed by atoms with Crippen LogP contribution in [0.5, 0.6) is 0 Å². The average Bonchev–Trinajstić information content (AvgIpc) is 3.13. The summed E-state index contributed by atoms with van der Waals surface area (Å²) in [4.78, 5) is 16.0. The predicted octanol–water partition coefficient (Wildman–Crippen LogP) is 2.39. The summed E-state index contributed by atoms with van der Waals surface area (Å²) >= 11 is 0. The van der Waals surface area contributed by atoms with Gasteiger partial charge in [0.05, 0.1) is 23.5 Å². The fourth-order valence-electron chi connectivity index (χ4n) is 3.24. The summed E-state index contributed by atoms with van der Waals surface area (Å²) in [6.07, 6.45) is 3.92. The van der Waals surface area contributed by atoms with Crippen LogP contribution in [-0.2, 0) is 16.0 Å². The topological polar surface area (TPSA) is 85.5 Å². The summed E-state index contributed by atoms with van der Waals surface area (Å²) in [6, 6.07) is 0. The minimum atomic E-state index is -0.894. The van der Waals surface area contributed by atoms with Crippen molar-refractivity contribution in [3.63, 3.8) is 0 Å². The minimum Gasteiger partial charge on any atom is -0.481 e. The summed E-state index contributed by atoms with van der Waals surface area (Å²) in [7, 11) is 0. The van der Waals surface area contributed by atoms with E-state index in [0.29, 0.717) is 17.8 Å². The molecule has 4 unspecified atom stereocenters. The Morgan fingerprint density at radius 2 is 2.24 bits per heavy atom. The first-order valence-electron chi connectivity index (χ1n) is 7.61. The largest absolute Gasteiger partial charge is 0.481 e. The van der Waals surface area contributed by atoms with Crippen molar-refractivity contribution in [2.45, 2.75) is 64.6 Å². The van der Waals surface area contributed by atoms with Crippen LogP contribution in [0, 0.1) is 11.3 Å². The number of aromatic nitrogens is 2. The zero-order valence-electron chi connectivity index (χ0n) is 12.7. The molecule has 6 heteroatoms. The lowest BCUT2D eigenvalue weighted by atomic mass is 9.76. The van der Waals surface area contributed by atoms with Crippen LogP contribution in [0.2, 0.25) is 0 Å². The molecule has 21 heavy (non-hydrogen) atoms. The van der Waals surface area contributed by atoms with Crippen LogP contribution in [0.25, 0.3) is 0 Å². The molecule has 1 N–H and O–H groups in total. The van der Waals surface area contributed by atoms with Crippen LogP contribution in [0.15, 0.2) is 4.52 Å². The van der Waals surface area contributed by atoms with Crippen molar-refractivity contribution in [1.29, 1.82) is 0 Å². The number of hydrogen-bond donors (Lipinski definition) is 1. The normalized spacial score (nSPS) is 30.8. The second kappa shape index (κ2) is 5.09. The lowest BCUT2D eigenvalue weighted by Crippen LogP contribution is -2.35. The van der Waals surface area contributed by atoms with Gasteiger partial charge in [0.2, 0.25) is 5.89 Å². The monoisotopic (exact) mass is 294 g/mol. The Kier molecular flexibility index (Phi) is 3.51. The Hall–Kier alpha value is -1.43. The lowest BCUT2D eigenvalue weighted by Gasteiger charge is -2.27. The van der Waals surface area contributed by atoms with E-state index in [-0.39, 0.29) is 24.4 Å². The molecule has 2 saturated heterocycles. The Bertz CT molecular complexity index is 542. The first kappa shape index (κ1) is 14.5. The number of nitrogens with zero attached hydrogens (tertiary/aromatic N) is 2. The van der Waals surface area contributed by atoms with Gasteiger partial charge < -0.3 is 14.4 Å². The quantitative estimate of drug-likeness (QED) is 0.897. The Labute approximate surface area is 123 Å². The van der Waals surface area contributed by atoms with Crippen molar-refractivity contribution in [1.82, 2.24) is 10.1 Å². The van der Waals surface area contributed by atoms with Gasteiger partial charge in [0.25, 0.3) is 0 Å². The summed E-state index contributed by atoms with van der Waals surface area (Å²) in [5.41, 5.74) is -0.894. The molecule has 0 saturated carbocycles. The predicted molar refractivity (Wildman–Crippen MR) is 73.8 cm³/mol. The van der Waals surface area contributed by atoms with Crippen molar-refractivity contribution in [2.24, 2.45) is 11.3 Å². The van der Waals surface area contributed by atoms with Gasteiger partial charge in [0, 0.05) is 6.42 Å². The van der Waals surface area contributed by atoms with E-state index in [1.807, 2.05) is 13.8 Å². The summed E-state index contributed by atoms with van der Waals surface area (Å²) in [5, 5.41) is 13.5. The zero-order chi connectivity index (χ0) is 15.2. The molecule has 1 aromatic rings. The van der Waals surface area contributed by atoms with Gasteiger partial charge in [-0.2, -0.15) is 4.98 Å². The molecule has 0 aliphatic carbocycles. The Balaban J connectivity index is 1.75. The molecule has 3 rings (SSSR count). The second-order valence-electron chi connectivity index (χ2n) is 6.82. The van der Waals surface area contributed by atoms with Crippen LogP contribution in [0.3, 0.4) is 0 Å². The van der Waals surface area contributed by atoms with Gasteiger partial charge in [-0.25, -0.2) is 0 Å². The molecule has 4 atom stereocenters. The van der Waals surface area contributed by atoms with E-state index >= 15 is 0 Å². The maximum absolute atomic E-state index is 11.5. The van der Waals surface area contributed by atoms with Crippen LogP contribution in [0.1, 0.15) is 57.7 Å². The van der Waals surface area contributed by atoms with Crippen LogP contribution >= 0.6 is 0 Å².